The summed E-state index contributed by atoms with van der Waals surface area (Å²) in [5.41, 5.74) is 1.89. The van der Waals surface area contributed by atoms with E-state index in [2.05, 4.69) is 29.7 Å². The van der Waals surface area contributed by atoms with Crippen LogP contribution in [0.5, 0.6) is 0 Å². The third kappa shape index (κ3) is 8.57. The van der Waals surface area contributed by atoms with Gasteiger partial charge in [0.25, 0.3) is 0 Å². The summed E-state index contributed by atoms with van der Waals surface area (Å²) >= 11 is 0. The van der Waals surface area contributed by atoms with Gasteiger partial charge in [-0.15, -0.1) is 0 Å². The summed E-state index contributed by atoms with van der Waals surface area (Å²) in [7, 11) is 1.69. The highest BCUT2D eigenvalue weighted by Crippen LogP contribution is 2.08. The Morgan fingerprint density at radius 1 is 1.26 bits per heavy atom. The maximum absolute atomic E-state index is 11.7. The monoisotopic (exact) mass is 322 g/mol. The number of benzene rings is 1. The van der Waals surface area contributed by atoms with Crippen LogP contribution in [0.1, 0.15) is 45.2 Å². The number of carbonyl (C=O) groups is 1. The van der Waals surface area contributed by atoms with Crippen molar-refractivity contribution in [2.75, 3.05) is 13.7 Å². The number of nitrogens with one attached hydrogen (secondary N) is 2. The van der Waals surface area contributed by atoms with E-state index >= 15 is 0 Å². The molecule has 0 aliphatic heterocycles. The predicted molar refractivity (Wildman–Crippen MR) is 92.3 cm³/mol. The van der Waals surface area contributed by atoms with Gasteiger partial charge in [0.05, 0.1) is 6.61 Å². The summed E-state index contributed by atoms with van der Waals surface area (Å²) in [5.74, 6) is 0. The van der Waals surface area contributed by atoms with Crippen molar-refractivity contribution >= 4 is 6.09 Å². The fourth-order valence-corrected chi connectivity index (χ4v) is 2.14. The Morgan fingerprint density at radius 3 is 2.57 bits per heavy atom. The van der Waals surface area contributed by atoms with Crippen LogP contribution < -0.4 is 10.6 Å². The Morgan fingerprint density at radius 2 is 1.96 bits per heavy atom. The Kier molecular flexibility index (Phi) is 8.06. The molecule has 0 fully saturated rings. The molecule has 5 heteroatoms. The average Bonchev–Trinajstić information content (AvgIpc) is 2.46. The third-order valence-corrected chi connectivity index (χ3v) is 3.28. The topological polar surface area (TPSA) is 59.6 Å². The highest BCUT2D eigenvalue weighted by atomic mass is 16.6. The molecule has 0 aromatic heterocycles. The normalized spacial score (nSPS) is 12.7. The van der Waals surface area contributed by atoms with E-state index in [4.69, 9.17) is 9.47 Å². The van der Waals surface area contributed by atoms with Crippen LogP contribution in [0.25, 0.3) is 0 Å². The molecule has 0 radical (unpaired) electrons. The largest absolute Gasteiger partial charge is 0.444 e. The molecule has 1 amide bonds. The molecular formula is C18H30N2O3. The Bertz CT molecular complexity index is 483. The van der Waals surface area contributed by atoms with E-state index in [-0.39, 0.29) is 12.1 Å². The fraction of sp³-hybridized carbons (Fsp3) is 0.611. The molecule has 1 unspecified atom stereocenters. The van der Waals surface area contributed by atoms with Gasteiger partial charge in [-0.2, -0.15) is 0 Å². The van der Waals surface area contributed by atoms with E-state index in [9.17, 15) is 4.79 Å². The molecule has 1 aromatic carbocycles. The van der Waals surface area contributed by atoms with E-state index in [0.717, 1.165) is 18.5 Å². The molecule has 23 heavy (non-hydrogen) atoms. The Hall–Kier alpha value is -1.59. The molecule has 0 aliphatic carbocycles. The van der Waals surface area contributed by atoms with E-state index in [1.165, 1.54) is 5.56 Å². The summed E-state index contributed by atoms with van der Waals surface area (Å²) < 4.78 is 10.4. The second-order valence-corrected chi connectivity index (χ2v) is 6.62. The standard InChI is InChI=1S/C18H30N2O3/c1-6-16(12-20-17(21)23-18(2,3)4)19-11-14-8-7-9-15(10-14)13-22-5/h7-10,16,19H,6,11-13H2,1-5H3,(H,20,21). The zero-order chi connectivity index (χ0) is 17.3. The van der Waals surface area contributed by atoms with E-state index < -0.39 is 5.60 Å². The third-order valence-electron chi connectivity index (χ3n) is 3.28. The molecule has 1 rings (SSSR count). The van der Waals surface area contributed by atoms with E-state index in [1.807, 2.05) is 32.9 Å². The summed E-state index contributed by atoms with van der Waals surface area (Å²) in [6.45, 7) is 9.58. The second-order valence-electron chi connectivity index (χ2n) is 6.62. The molecule has 0 spiro atoms. The molecule has 2 N–H and O–H groups in total. The van der Waals surface area contributed by atoms with Crippen LogP contribution in [0.2, 0.25) is 0 Å². The number of ether oxygens (including phenoxy) is 2. The Balaban J connectivity index is 2.41. The van der Waals surface area contributed by atoms with Crippen LogP contribution >= 0.6 is 0 Å². The van der Waals surface area contributed by atoms with Crippen molar-refractivity contribution in [3.8, 4) is 0 Å². The first-order valence-corrected chi connectivity index (χ1v) is 8.11. The number of methoxy groups -OCH3 is 1. The lowest BCUT2D eigenvalue weighted by molar-refractivity contribution is 0.0522. The van der Waals surface area contributed by atoms with Gasteiger partial charge in [0.2, 0.25) is 0 Å². The summed E-state index contributed by atoms with van der Waals surface area (Å²) in [6.07, 6.45) is 0.549. The molecule has 1 atom stereocenters. The highest BCUT2D eigenvalue weighted by Gasteiger charge is 2.16. The van der Waals surface area contributed by atoms with E-state index in [0.29, 0.717) is 13.2 Å². The van der Waals surface area contributed by atoms with E-state index in [1.54, 1.807) is 7.11 Å². The predicted octanol–water partition coefficient (Wildman–Crippen LogP) is 3.23. The van der Waals surface area contributed by atoms with Crippen LogP contribution in [0, 0.1) is 0 Å². The molecule has 5 nitrogen and oxygen atoms in total. The van der Waals surface area contributed by atoms with Gasteiger partial charge in [-0.1, -0.05) is 31.2 Å². The smallest absolute Gasteiger partial charge is 0.407 e. The van der Waals surface area contributed by atoms with Gasteiger partial charge < -0.3 is 20.1 Å². The van der Waals surface area contributed by atoms with Crippen LogP contribution in [0.4, 0.5) is 4.79 Å². The summed E-state index contributed by atoms with van der Waals surface area (Å²) in [5, 5.41) is 6.28. The molecule has 130 valence electrons. The molecule has 0 bridgehead atoms. The van der Waals surface area contributed by atoms with Crippen molar-refractivity contribution in [1.29, 1.82) is 0 Å². The van der Waals surface area contributed by atoms with Crippen molar-refractivity contribution in [2.45, 2.75) is 58.9 Å². The lowest BCUT2D eigenvalue weighted by Gasteiger charge is -2.22. The van der Waals surface area contributed by atoms with Gasteiger partial charge in [0, 0.05) is 26.2 Å². The Labute approximate surface area is 139 Å². The van der Waals surface area contributed by atoms with Gasteiger partial charge in [0.1, 0.15) is 5.60 Å². The minimum absolute atomic E-state index is 0.202. The zero-order valence-corrected chi connectivity index (χ0v) is 14.9. The highest BCUT2D eigenvalue weighted by molar-refractivity contribution is 5.67. The van der Waals surface area contributed by atoms with Crippen LogP contribution in [0.3, 0.4) is 0 Å². The number of carbonyl (C=O) groups excluding carboxylic acids is 1. The summed E-state index contributed by atoms with van der Waals surface area (Å²) in [4.78, 5) is 11.7. The maximum atomic E-state index is 11.7. The molecule has 0 saturated heterocycles. The lowest BCUT2D eigenvalue weighted by atomic mass is 10.1. The minimum atomic E-state index is -0.471. The second kappa shape index (κ2) is 9.53. The van der Waals surface area contributed by atoms with Gasteiger partial charge in [-0.05, 0) is 38.3 Å². The molecule has 0 aliphatic rings. The van der Waals surface area contributed by atoms with Crippen LogP contribution in [-0.2, 0) is 22.6 Å². The SMILES string of the molecule is CCC(CNC(=O)OC(C)(C)C)NCc1cccc(COC)c1. The first-order valence-electron chi connectivity index (χ1n) is 8.11. The van der Waals surface area contributed by atoms with Crippen molar-refractivity contribution in [3.63, 3.8) is 0 Å². The number of hydrogen-bond acceptors (Lipinski definition) is 4. The van der Waals surface area contributed by atoms with Crippen molar-refractivity contribution in [3.05, 3.63) is 35.4 Å². The number of alkyl carbamates (subject to hydrolysis) is 1. The zero-order valence-electron chi connectivity index (χ0n) is 14.9. The molecule has 1 aromatic rings. The lowest BCUT2D eigenvalue weighted by Crippen LogP contribution is -2.42. The quantitative estimate of drug-likeness (QED) is 0.771. The number of hydrogen-bond donors (Lipinski definition) is 2. The molecule has 0 heterocycles. The maximum Gasteiger partial charge on any atom is 0.407 e. The summed E-state index contributed by atoms with van der Waals surface area (Å²) in [6, 6.07) is 8.50. The number of amides is 1. The minimum Gasteiger partial charge on any atom is -0.444 e. The van der Waals surface area contributed by atoms with Crippen molar-refractivity contribution in [2.24, 2.45) is 0 Å². The van der Waals surface area contributed by atoms with Crippen molar-refractivity contribution < 1.29 is 14.3 Å². The van der Waals surface area contributed by atoms with Gasteiger partial charge in [-0.25, -0.2) is 4.79 Å². The fourth-order valence-electron chi connectivity index (χ4n) is 2.14. The first-order chi connectivity index (χ1) is 10.8. The van der Waals surface area contributed by atoms with Crippen molar-refractivity contribution in [1.82, 2.24) is 10.6 Å². The molecule has 0 saturated carbocycles. The van der Waals surface area contributed by atoms with Crippen LogP contribution in [0.15, 0.2) is 24.3 Å². The van der Waals surface area contributed by atoms with Gasteiger partial charge in [0.15, 0.2) is 0 Å². The molecular weight excluding hydrogens is 292 g/mol. The average molecular weight is 322 g/mol. The van der Waals surface area contributed by atoms with Crippen LogP contribution in [-0.4, -0.2) is 31.4 Å². The van der Waals surface area contributed by atoms with Gasteiger partial charge >= 0.3 is 6.09 Å². The number of rotatable bonds is 8. The first kappa shape index (κ1) is 19.5. The van der Waals surface area contributed by atoms with Gasteiger partial charge in [-0.3, -0.25) is 0 Å².